The molecule has 0 aliphatic carbocycles. The molecule has 1 aromatic heterocycles. The van der Waals surface area contributed by atoms with Crippen LogP contribution in [0.3, 0.4) is 0 Å². The number of esters is 1. The van der Waals surface area contributed by atoms with E-state index < -0.39 is 0 Å². The van der Waals surface area contributed by atoms with Crippen molar-refractivity contribution in [2.45, 2.75) is 57.7 Å². The number of benzene rings is 2. The summed E-state index contributed by atoms with van der Waals surface area (Å²) in [6.45, 7) is 8.63. The summed E-state index contributed by atoms with van der Waals surface area (Å²) in [5, 5.41) is 4.79. The topological polar surface area (TPSA) is 54.1 Å². The van der Waals surface area contributed by atoms with Gasteiger partial charge in [0.05, 0.1) is 5.56 Å². The second kappa shape index (κ2) is 6.78. The van der Waals surface area contributed by atoms with Crippen LogP contribution >= 0.6 is 0 Å². The van der Waals surface area contributed by atoms with E-state index in [0.29, 0.717) is 5.56 Å². The number of aromatic nitrogens is 1. The van der Waals surface area contributed by atoms with Gasteiger partial charge in [-0.15, -0.1) is 0 Å². The van der Waals surface area contributed by atoms with E-state index in [1.807, 2.05) is 36.4 Å². The summed E-state index contributed by atoms with van der Waals surface area (Å²) in [4.78, 5) is 16.1. The van der Waals surface area contributed by atoms with Gasteiger partial charge in [-0.25, -0.2) is 4.79 Å². The molecule has 3 aromatic rings. The van der Waals surface area contributed by atoms with Crippen LogP contribution in [0, 0.1) is 0 Å². The van der Waals surface area contributed by atoms with Gasteiger partial charge >= 0.3 is 5.97 Å². The smallest absolute Gasteiger partial charge is 0.338 e. The lowest BCUT2D eigenvalue weighted by atomic mass is 9.81. The van der Waals surface area contributed by atoms with Crippen molar-refractivity contribution in [2.24, 2.45) is 0 Å². The molecule has 1 aliphatic rings. The SMILES string of the molecule is CC1(C)CC(OC(=O)c2ccc(-c3cc4ccccc4[nH]3)cc2)CC(C)(C)N1. The maximum absolute atomic E-state index is 12.7. The minimum absolute atomic E-state index is 0.0494. The summed E-state index contributed by atoms with van der Waals surface area (Å²) >= 11 is 0. The van der Waals surface area contributed by atoms with Crippen molar-refractivity contribution in [2.75, 3.05) is 0 Å². The minimum atomic E-state index is -0.248. The zero-order valence-corrected chi connectivity index (χ0v) is 17.0. The average molecular weight is 377 g/mol. The molecule has 28 heavy (non-hydrogen) atoms. The van der Waals surface area contributed by atoms with Gasteiger partial charge in [0.15, 0.2) is 0 Å². The molecule has 0 spiro atoms. The van der Waals surface area contributed by atoms with Crippen LogP contribution in [0.2, 0.25) is 0 Å². The van der Waals surface area contributed by atoms with Crippen molar-refractivity contribution in [3.05, 3.63) is 60.2 Å². The number of H-pyrrole nitrogens is 1. The van der Waals surface area contributed by atoms with Gasteiger partial charge in [-0.3, -0.25) is 0 Å². The van der Waals surface area contributed by atoms with Gasteiger partial charge in [0.1, 0.15) is 6.10 Å². The maximum atomic E-state index is 12.7. The fraction of sp³-hybridized carbons (Fsp3) is 0.375. The number of para-hydroxylation sites is 1. The van der Waals surface area contributed by atoms with E-state index >= 15 is 0 Å². The van der Waals surface area contributed by atoms with E-state index in [-0.39, 0.29) is 23.2 Å². The van der Waals surface area contributed by atoms with Gasteiger partial charge in [0, 0.05) is 40.5 Å². The Kier molecular flexibility index (Phi) is 4.54. The van der Waals surface area contributed by atoms with E-state index in [1.165, 1.54) is 5.39 Å². The first-order valence-electron chi connectivity index (χ1n) is 9.89. The largest absolute Gasteiger partial charge is 0.459 e. The summed E-state index contributed by atoms with van der Waals surface area (Å²) in [6, 6.07) is 18.0. The molecule has 4 rings (SSSR count). The van der Waals surface area contributed by atoms with Crippen molar-refractivity contribution in [1.82, 2.24) is 10.3 Å². The molecule has 0 radical (unpaired) electrons. The zero-order chi connectivity index (χ0) is 19.9. The molecular weight excluding hydrogens is 348 g/mol. The molecule has 0 unspecified atom stereocenters. The molecule has 0 saturated carbocycles. The molecule has 2 heterocycles. The number of rotatable bonds is 3. The number of hydrogen-bond donors (Lipinski definition) is 2. The standard InChI is InChI=1S/C24H28N2O2/c1-23(2)14-19(15-24(3,4)26-23)28-22(27)17-11-9-16(10-12-17)21-13-18-7-5-6-8-20(18)25-21/h5-13,19,25-26H,14-15H2,1-4H3. The summed E-state index contributed by atoms with van der Waals surface area (Å²) in [7, 11) is 0. The molecule has 0 amide bonds. The van der Waals surface area contributed by atoms with Crippen molar-refractivity contribution in [3.8, 4) is 11.3 Å². The fourth-order valence-electron chi connectivity index (χ4n) is 4.55. The van der Waals surface area contributed by atoms with Crippen molar-refractivity contribution < 1.29 is 9.53 Å². The highest BCUT2D eigenvalue weighted by Crippen LogP contribution is 2.31. The van der Waals surface area contributed by atoms with E-state index in [0.717, 1.165) is 29.6 Å². The highest BCUT2D eigenvalue weighted by Gasteiger charge is 2.39. The molecule has 4 nitrogen and oxygen atoms in total. The number of aromatic amines is 1. The van der Waals surface area contributed by atoms with Crippen molar-refractivity contribution in [1.29, 1.82) is 0 Å². The summed E-state index contributed by atoms with van der Waals surface area (Å²) in [5.74, 6) is -0.248. The molecule has 0 bridgehead atoms. The normalized spacial score (nSPS) is 18.9. The molecule has 4 heteroatoms. The Morgan fingerprint density at radius 2 is 1.61 bits per heavy atom. The Bertz CT molecular complexity index is 950. The second-order valence-electron chi connectivity index (χ2n) is 9.18. The molecular formula is C24H28N2O2. The Morgan fingerprint density at radius 1 is 0.964 bits per heavy atom. The molecule has 1 saturated heterocycles. The molecule has 2 aromatic carbocycles. The number of carbonyl (C=O) groups excluding carboxylic acids is 1. The van der Waals surface area contributed by atoms with Crippen LogP contribution in [0.15, 0.2) is 54.6 Å². The average Bonchev–Trinajstić information content (AvgIpc) is 3.03. The Hall–Kier alpha value is -2.59. The van der Waals surface area contributed by atoms with Crippen LogP contribution in [0.4, 0.5) is 0 Å². The van der Waals surface area contributed by atoms with E-state index in [2.05, 4.69) is 56.2 Å². The molecule has 0 atom stereocenters. The van der Waals surface area contributed by atoms with Crippen LogP contribution < -0.4 is 5.32 Å². The lowest BCUT2D eigenvalue weighted by Gasteiger charge is -2.45. The minimum Gasteiger partial charge on any atom is -0.459 e. The van der Waals surface area contributed by atoms with Gasteiger partial charge < -0.3 is 15.0 Å². The van der Waals surface area contributed by atoms with Crippen LogP contribution in [0.25, 0.3) is 22.2 Å². The predicted molar refractivity (Wildman–Crippen MR) is 113 cm³/mol. The van der Waals surface area contributed by atoms with Crippen molar-refractivity contribution in [3.63, 3.8) is 0 Å². The first-order chi connectivity index (χ1) is 13.2. The summed E-state index contributed by atoms with van der Waals surface area (Å²) in [5.41, 5.74) is 3.70. The third-order valence-corrected chi connectivity index (χ3v) is 5.39. The monoisotopic (exact) mass is 376 g/mol. The van der Waals surface area contributed by atoms with Gasteiger partial charge in [-0.1, -0.05) is 30.3 Å². The number of piperidine rings is 1. The van der Waals surface area contributed by atoms with Crippen LogP contribution in [0.5, 0.6) is 0 Å². The van der Waals surface area contributed by atoms with Gasteiger partial charge in [0.2, 0.25) is 0 Å². The number of fused-ring (bicyclic) bond motifs is 1. The van der Waals surface area contributed by atoms with Crippen LogP contribution in [0.1, 0.15) is 50.9 Å². The van der Waals surface area contributed by atoms with Gasteiger partial charge in [-0.05, 0) is 57.5 Å². The predicted octanol–water partition coefficient (Wildman–Crippen LogP) is 5.30. The first-order valence-corrected chi connectivity index (χ1v) is 9.89. The van der Waals surface area contributed by atoms with Crippen LogP contribution in [-0.2, 0) is 4.74 Å². The third kappa shape index (κ3) is 3.97. The number of ether oxygens (including phenoxy) is 1. The Labute approximate surface area is 166 Å². The summed E-state index contributed by atoms with van der Waals surface area (Å²) < 4.78 is 5.86. The van der Waals surface area contributed by atoms with Crippen molar-refractivity contribution >= 4 is 16.9 Å². The van der Waals surface area contributed by atoms with E-state index in [9.17, 15) is 4.79 Å². The van der Waals surface area contributed by atoms with Gasteiger partial charge in [-0.2, -0.15) is 0 Å². The Balaban J connectivity index is 1.48. The second-order valence-corrected chi connectivity index (χ2v) is 9.18. The highest BCUT2D eigenvalue weighted by molar-refractivity contribution is 5.91. The van der Waals surface area contributed by atoms with E-state index in [4.69, 9.17) is 4.74 Å². The summed E-state index contributed by atoms with van der Waals surface area (Å²) in [6.07, 6.45) is 1.55. The molecule has 1 aliphatic heterocycles. The lowest BCUT2D eigenvalue weighted by Crippen LogP contribution is -2.59. The quantitative estimate of drug-likeness (QED) is 0.610. The van der Waals surface area contributed by atoms with E-state index in [1.54, 1.807) is 0 Å². The van der Waals surface area contributed by atoms with Crippen LogP contribution in [-0.4, -0.2) is 28.1 Å². The third-order valence-electron chi connectivity index (χ3n) is 5.39. The fourth-order valence-corrected chi connectivity index (χ4v) is 4.55. The Morgan fingerprint density at radius 3 is 2.25 bits per heavy atom. The number of nitrogens with one attached hydrogen (secondary N) is 2. The maximum Gasteiger partial charge on any atom is 0.338 e. The molecule has 146 valence electrons. The first kappa shape index (κ1) is 18.8. The zero-order valence-electron chi connectivity index (χ0n) is 17.0. The highest BCUT2D eigenvalue weighted by atomic mass is 16.5. The molecule has 2 N–H and O–H groups in total. The number of hydrogen-bond acceptors (Lipinski definition) is 3. The number of carbonyl (C=O) groups is 1. The lowest BCUT2D eigenvalue weighted by molar-refractivity contribution is -0.00637. The van der Waals surface area contributed by atoms with Gasteiger partial charge in [0.25, 0.3) is 0 Å². The molecule has 1 fully saturated rings.